The lowest BCUT2D eigenvalue weighted by molar-refractivity contribution is 0.386. The molecule has 0 aliphatic carbocycles. The average Bonchev–Trinajstić information content (AvgIpc) is 3.33. The molecule has 5 rings (SSSR count). The molecule has 0 saturated carbocycles. The number of nitriles is 1. The molecule has 0 bridgehead atoms. The van der Waals surface area contributed by atoms with Crippen LogP contribution in [0.5, 0.6) is 5.75 Å². The van der Waals surface area contributed by atoms with Crippen LogP contribution < -0.4 is 15.4 Å². The minimum Gasteiger partial charge on any atom is -0.494 e. The van der Waals surface area contributed by atoms with Crippen molar-refractivity contribution in [2.75, 3.05) is 25.1 Å². The van der Waals surface area contributed by atoms with Gasteiger partial charge in [0.1, 0.15) is 17.5 Å². The molecule has 1 aliphatic rings. The first kappa shape index (κ1) is 21.8. The van der Waals surface area contributed by atoms with Gasteiger partial charge in [-0.2, -0.15) is 5.26 Å². The normalized spacial score (nSPS) is 14.4. The van der Waals surface area contributed by atoms with Gasteiger partial charge in [0.25, 0.3) is 0 Å². The number of halogens is 2. The van der Waals surface area contributed by atoms with Crippen LogP contribution in [0.25, 0.3) is 28.0 Å². The van der Waals surface area contributed by atoms with E-state index in [-0.39, 0.29) is 17.4 Å². The predicted octanol–water partition coefficient (Wildman–Crippen LogP) is 4.15. The van der Waals surface area contributed by atoms with Crippen LogP contribution >= 0.6 is 0 Å². The van der Waals surface area contributed by atoms with Crippen LogP contribution in [0.15, 0.2) is 48.8 Å². The maximum Gasteiger partial charge on any atom is 0.211 e. The van der Waals surface area contributed by atoms with Crippen LogP contribution in [0.4, 0.5) is 14.7 Å². The minimum atomic E-state index is -0.651. The van der Waals surface area contributed by atoms with E-state index in [1.54, 1.807) is 24.5 Å². The standard InChI is InChI=1S/C25H22F2N6O/c1-34-21-5-4-15(12-20(21)27)22-23(16-2-3-17(14-28)19(26)13-16)31-25(33-11-8-30-24(22)33)32-9-6-18(29)7-10-32/h2-5,8,11-13,18H,6-7,9-10,29H2,1H3. The summed E-state index contributed by atoms with van der Waals surface area (Å²) in [7, 11) is 1.40. The molecule has 1 aliphatic heterocycles. The number of anilines is 1. The van der Waals surface area contributed by atoms with Crippen molar-refractivity contribution in [3.63, 3.8) is 0 Å². The molecule has 4 aromatic rings. The van der Waals surface area contributed by atoms with Crippen LogP contribution in [0.3, 0.4) is 0 Å². The Bertz CT molecular complexity index is 1420. The van der Waals surface area contributed by atoms with Gasteiger partial charge in [0.15, 0.2) is 11.6 Å². The van der Waals surface area contributed by atoms with Crippen molar-refractivity contribution in [1.29, 1.82) is 5.26 Å². The fourth-order valence-corrected chi connectivity index (χ4v) is 4.34. The third kappa shape index (κ3) is 3.72. The Kier molecular flexibility index (Phi) is 5.59. The van der Waals surface area contributed by atoms with Crippen molar-refractivity contribution in [2.24, 2.45) is 5.73 Å². The second kappa shape index (κ2) is 8.72. The smallest absolute Gasteiger partial charge is 0.211 e. The fourth-order valence-electron chi connectivity index (χ4n) is 4.34. The second-order valence-electron chi connectivity index (χ2n) is 8.24. The van der Waals surface area contributed by atoms with Gasteiger partial charge >= 0.3 is 0 Å². The number of nitrogens with zero attached hydrogens (tertiary/aromatic N) is 5. The predicted molar refractivity (Wildman–Crippen MR) is 124 cm³/mol. The van der Waals surface area contributed by atoms with E-state index in [2.05, 4.69) is 9.88 Å². The lowest BCUT2D eigenvalue weighted by Crippen LogP contribution is -2.40. The summed E-state index contributed by atoms with van der Waals surface area (Å²) < 4.78 is 36.2. The van der Waals surface area contributed by atoms with Gasteiger partial charge in [0.05, 0.1) is 23.9 Å². The van der Waals surface area contributed by atoms with Crippen molar-refractivity contribution in [2.45, 2.75) is 18.9 Å². The largest absolute Gasteiger partial charge is 0.494 e. The summed E-state index contributed by atoms with van der Waals surface area (Å²) in [5.41, 5.74) is 8.56. The van der Waals surface area contributed by atoms with Gasteiger partial charge in [-0.25, -0.2) is 18.7 Å². The summed E-state index contributed by atoms with van der Waals surface area (Å²) in [5, 5.41) is 9.15. The Morgan fingerprint density at radius 1 is 1.09 bits per heavy atom. The van der Waals surface area contributed by atoms with E-state index < -0.39 is 11.6 Å². The van der Waals surface area contributed by atoms with Crippen LogP contribution in [0.1, 0.15) is 18.4 Å². The van der Waals surface area contributed by atoms with Crippen LogP contribution in [-0.2, 0) is 0 Å². The number of piperidine rings is 1. The number of methoxy groups -OCH3 is 1. The summed E-state index contributed by atoms with van der Waals surface area (Å²) >= 11 is 0. The molecule has 1 saturated heterocycles. The van der Waals surface area contributed by atoms with Gasteiger partial charge in [-0.1, -0.05) is 12.1 Å². The summed E-state index contributed by atoms with van der Waals surface area (Å²) in [4.78, 5) is 11.6. The first-order chi connectivity index (χ1) is 16.5. The van der Waals surface area contributed by atoms with E-state index in [1.807, 2.05) is 10.5 Å². The Morgan fingerprint density at radius 3 is 2.50 bits per heavy atom. The van der Waals surface area contributed by atoms with E-state index in [0.717, 1.165) is 25.9 Å². The zero-order chi connectivity index (χ0) is 23.8. The molecule has 0 atom stereocenters. The number of hydrogen-bond donors (Lipinski definition) is 1. The lowest BCUT2D eigenvalue weighted by atomic mass is 9.98. The molecule has 9 heteroatoms. The molecule has 0 amide bonds. The third-order valence-corrected chi connectivity index (χ3v) is 6.15. The Balaban J connectivity index is 1.78. The van der Waals surface area contributed by atoms with Gasteiger partial charge in [-0.3, -0.25) is 4.40 Å². The molecule has 0 spiro atoms. The molecule has 3 heterocycles. The summed E-state index contributed by atoms with van der Waals surface area (Å²) in [6.45, 7) is 1.44. The highest BCUT2D eigenvalue weighted by atomic mass is 19.1. The van der Waals surface area contributed by atoms with Crippen LogP contribution in [0.2, 0.25) is 0 Å². The highest BCUT2D eigenvalue weighted by Crippen LogP contribution is 2.38. The van der Waals surface area contributed by atoms with Gasteiger partial charge in [0, 0.05) is 37.1 Å². The summed E-state index contributed by atoms with van der Waals surface area (Å²) in [5.74, 6) is -0.418. The maximum absolute atomic E-state index is 14.7. The van der Waals surface area contributed by atoms with Crippen LogP contribution in [0, 0.1) is 23.0 Å². The number of rotatable bonds is 4. The van der Waals surface area contributed by atoms with Crippen molar-refractivity contribution in [3.8, 4) is 34.2 Å². The fraction of sp³-hybridized carbons (Fsp3) is 0.240. The first-order valence-electron chi connectivity index (χ1n) is 10.9. The van der Waals surface area contributed by atoms with Crippen molar-refractivity contribution in [1.82, 2.24) is 14.4 Å². The average molecular weight is 460 g/mol. The third-order valence-electron chi connectivity index (χ3n) is 6.15. The quantitative estimate of drug-likeness (QED) is 0.492. The van der Waals surface area contributed by atoms with Crippen molar-refractivity contribution in [3.05, 3.63) is 66.0 Å². The molecule has 7 nitrogen and oxygen atoms in total. The molecule has 0 unspecified atom stereocenters. The minimum absolute atomic E-state index is 0.0621. The molecule has 0 radical (unpaired) electrons. The van der Waals surface area contributed by atoms with E-state index in [9.17, 15) is 8.78 Å². The van der Waals surface area contributed by atoms with Gasteiger partial charge in [-0.05, 0) is 42.7 Å². The zero-order valence-corrected chi connectivity index (χ0v) is 18.5. The van der Waals surface area contributed by atoms with Gasteiger partial charge in [-0.15, -0.1) is 0 Å². The molecule has 2 aromatic carbocycles. The number of nitrogens with two attached hydrogens (primary N) is 1. The van der Waals surface area contributed by atoms with E-state index >= 15 is 0 Å². The van der Waals surface area contributed by atoms with Crippen molar-refractivity contribution < 1.29 is 13.5 Å². The summed E-state index contributed by atoms with van der Waals surface area (Å²) in [6, 6.07) is 10.9. The SMILES string of the molecule is COc1ccc(-c2c(-c3ccc(C#N)c(F)c3)nc(N3CCC(N)CC3)n3ccnc23)cc1F. The number of benzene rings is 2. The first-order valence-corrected chi connectivity index (χ1v) is 10.9. The molecule has 2 aromatic heterocycles. The highest BCUT2D eigenvalue weighted by Gasteiger charge is 2.25. The molecule has 1 fully saturated rings. The maximum atomic E-state index is 14.7. The number of fused-ring (bicyclic) bond motifs is 1. The molecular formula is C25H22F2N6O. The molecular weight excluding hydrogens is 438 g/mol. The number of hydrogen-bond acceptors (Lipinski definition) is 6. The zero-order valence-electron chi connectivity index (χ0n) is 18.5. The van der Waals surface area contributed by atoms with E-state index in [0.29, 0.717) is 34.0 Å². The lowest BCUT2D eigenvalue weighted by Gasteiger charge is -2.32. The van der Waals surface area contributed by atoms with Crippen molar-refractivity contribution >= 4 is 11.6 Å². The highest BCUT2D eigenvalue weighted by molar-refractivity contribution is 5.91. The van der Waals surface area contributed by atoms with Gasteiger partial charge in [0.2, 0.25) is 5.95 Å². The van der Waals surface area contributed by atoms with E-state index in [1.165, 1.54) is 31.4 Å². The molecule has 34 heavy (non-hydrogen) atoms. The Morgan fingerprint density at radius 2 is 1.82 bits per heavy atom. The Labute approximate surface area is 195 Å². The summed E-state index contributed by atoms with van der Waals surface area (Å²) in [6.07, 6.45) is 5.11. The number of imidazole rings is 1. The monoisotopic (exact) mass is 460 g/mol. The van der Waals surface area contributed by atoms with Crippen LogP contribution in [-0.4, -0.2) is 40.6 Å². The number of ether oxygens (including phenoxy) is 1. The van der Waals surface area contributed by atoms with Gasteiger partial charge < -0.3 is 15.4 Å². The second-order valence-corrected chi connectivity index (χ2v) is 8.24. The molecule has 2 N–H and O–H groups in total. The topological polar surface area (TPSA) is 92.5 Å². The Hall–Kier alpha value is -4.03. The van der Waals surface area contributed by atoms with E-state index in [4.69, 9.17) is 20.7 Å². The molecule has 172 valence electrons. The number of aromatic nitrogens is 3.